The van der Waals surface area contributed by atoms with E-state index in [1.807, 2.05) is 23.9 Å². The van der Waals surface area contributed by atoms with Gasteiger partial charge in [0.1, 0.15) is 11.2 Å². The van der Waals surface area contributed by atoms with Crippen LogP contribution in [0.5, 0.6) is 0 Å². The summed E-state index contributed by atoms with van der Waals surface area (Å²) in [5, 5.41) is 11.1. The lowest BCUT2D eigenvalue weighted by molar-refractivity contribution is 0.0697. The molecule has 3 aliphatic carbocycles. The average molecular weight is 288 g/mol. The molecule has 0 saturated heterocycles. The topological polar surface area (TPSA) is 37.5 Å². The molecule has 3 nitrogen and oxygen atoms in total. The SMILES string of the molecule is OC(c1c(C2CC2)sc2cncn12)C1CC2CCC1C2. The van der Waals surface area contributed by atoms with Crippen LogP contribution in [0.4, 0.5) is 0 Å². The van der Waals surface area contributed by atoms with Crippen molar-refractivity contribution in [2.45, 2.75) is 50.5 Å². The van der Waals surface area contributed by atoms with Gasteiger partial charge >= 0.3 is 0 Å². The maximum atomic E-state index is 11.1. The first-order chi connectivity index (χ1) is 9.81. The first-order valence-electron chi connectivity index (χ1n) is 7.94. The van der Waals surface area contributed by atoms with Crippen molar-refractivity contribution in [3.05, 3.63) is 23.1 Å². The molecule has 4 heteroatoms. The van der Waals surface area contributed by atoms with E-state index in [2.05, 4.69) is 9.38 Å². The minimum Gasteiger partial charge on any atom is -0.387 e. The lowest BCUT2D eigenvalue weighted by Gasteiger charge is -2.27. The van der Waals surface area contributed by atoms with Crippen LogP contribution in [-0.4, -0.2) is 14.5 Å². The van der Waals surface area contributed by atoms with Crippen molar-refractivity contribution in [3.63, 3.8) is 0 Å². The number of nitrogens with zero attached hydrogens (tertiary/aromatic N) is 2. The summed E-state index contributed by atoms with van der Waals surface area (Å²) in [6, 6.07) is 0. The molecular weight excluding hydrogens is 268 g/mol. The molecule has 0 aromatic carbocycles. The van der Waals surface area contributed by atoms with E-state index >= 15 is 0 Å². The second kappa shape index (κ2) is 4.08. The zero-order valence-electron chi connectivity index (χ0n) is 11.5. The Hall–Kier alpha value is -0.870. The molecule has 2 aromatic rings. The van der Waals surface area contributed by atoms with Gasteiger partial charge in [0.25, 0.3) is 0 Å². The van der Waals surface area contributed by atoms with Crippen LogP contribution in [0.25, 0.3) is 4.83 Å². The van der Waals surface area contributed by atoms with Crippen LogP contribution in [0.1, 0.15) is 61.1 Å². The number of aliphatic hydroxyl groups excluding tert-OH is 1. The molecular formula is C16H20N2OS. The van der Waals surface area contributed by atoms with Crippen LogP contribution >= 0.6 is 11.3 Å². The third-order valence-corrected chi connectivity index (χ3v) is 7.03. The summed E-state index contributed by atoms with van der Waals surface area (Å²) < 4.78 is 2.16. The Morgan fingerprint density at radius 1 is 1.25 bits per heavy atom. The van der Waals surface area contributed by atoms with Gasteiger partial charge in [0.05, 0.1) is 18.0 Å². The van der Waals surface area contributed by atoms with Gasteiger partial charge in [0, 0.05) is 4.88 Å². The summed E-state index contributed by atoms with van der Waals surface area (Å²) in [7, 11) is 0. The van der Waals surface area contributed by atoms with Crippen LogP contribution in [-0.2, 0) is 0 Å². The fourth-order valence-electron chi connectivity index (χ4n) is 4.63. The van der Waals surface area contributed by atoms with E-state index in [4.69, 9.17) is 0 Å². The highest BCUT2D eigenvalue weighted by molar-refractivity contribution is 7.17. The molecule has 106 valence electrons. The smallest absolute Gasteiger partial charge is 0.120 e. The summed E-state index contributed by atoms with van der Waals surface area (Å²) in [6.45, 7) is 0. The average Bonchev–Trinajstić information content (AvgIpc) is 2.87. The largest absolute Gasteiger partial charge is 0.387 e. The standard InChI is InChI=1S/C16H20N2OS/c19-15(12-6-9-1-2-11(12)5-9)14-16(10-3-4-10)20-13-7-17-8-18(13)14/h7-12,15,19H,1-6H2. The van der Waals surface area contributed by atoms with Crippen LogP contribution in [0.15, 0.2) is 12.5 Å². The van der Waals surface area contributed by atoms with Crippen LogP contribution < -0.4 is 0 Å². The number of rotatable bonds is 3. The molecule has 0 spiro atoms. The number of thiazole rings is 1. The summed E-state index contributed by atoms with van der Waals surface area (Å²) >= 11 is 1.85. The van der Waals surface area contributed by atoms with Gasteiger partial charge in [0.15, 0.2) is 0 Å². The second-order valence-corrected chi connectivity index (χ2v) is 8.07. The number of aliphatic hydroxyl groups is 1. The van der Waals surface area contributed by atoms with E-state index in [0.29, 0.717) is 11.8 Å². The van der Waals surface area contributed by atoms with Crippen LogP contribution in [0, 0.1) is 17.8 Å². The van der Waals surface area contributed by atoms with Gasteiger partial charge in [-0.05, 0) is 55.8 Å². The third kappa shape index (κ3) is 1.58. The molecule has 3 saturated carbocycles. The molecule has 1 N–H and O–H groups in total. The number of imidazole rings is 1. The van der Waals surface area contributed by atoms with Crippen molar-refractivity contribution in [1.82, 2.24) is 9.38 Å². The molecule has 3 fully saturated rings. The van der Waals surface area contributed by atoms with E-state index in [1.54, 1.807) is 0 Å². The van der Waals surface area contributed by atoms with E-state index in [0.717, 1.165) is 11.8 Å². The van der Waals surface area contributed by atoms with Gasteiger partial charge in [-0.25, -0.2) is 4.98 Å². The molecule has 2 aromatic heterocycles. The van der Waals surface area contributed by atoms with E-state index in [9.17, 15) is 5.11 Å². The predicted octanol–water partition coefficient (Wildman–Crippen LogP) is 3.74. The number of aromatic nitrogens is 2. The normalized spacial score (nSPS) is 34.1. The van der Waals surface area contributed by atoms with Crippen molar-refractivity contribution in [2.24, 2.45) is 17.8 Å². The Balaban J connectivity index is 1.58. The lowest BCUT2D eigenvalue weighted by Crippen LogP contribution is -2.21. The zero-order chi connectivity index (χ0) is 13.3. The predicted molar refractivity (Wildman–Crippen MR) is 78.9 cm³/mol. The van der Waals surface area contributed by atoms with Gasteiger partial charge in [-0.15, -0.1) is 11.3 Å². The van der Waals surface area contributed by atoms with Gasteiger partial charge < -0.3 is 5.11 Å². The molecule has 3 aliphatic rings. The van der Waals surface area contributed by atoms with Gasteiger partial charge in [-0.2, -0.15) is 0 Å². The monoisotopic (exact) mass is 288 g/mol. The molecule has 0 radical (unpaired) electrons. The summed E-state index contributed by atoms with van der Waals surface area (Å²) in [5.74, 6) is 2.86. The number of hydrogen-bond donors (Lipinski definition) is 1. The van der Waals surface area contributed by atoms with Crippen LogP contribution in [0.3, 0.4) is 0 Å². The molecule has 5 rings (SSSR count). The molecule has 0 aliphatic heterocycles. The maximum Gasteiger partial charge on any atom is 0.120 e. The summed E-state index contributed by atoms with van der Waals surface area (Å²) in [5.41, 5.74) is 1.18. The molecule has 20 heavy (non-hydrogen) atoms. The fraction of sp³-hybridized carbons (Fsp3) is 0.688. The van der Waals surface area contributed by atoms with Crippen molar-refractivity contribution in [2.75, 3.05) is 0 Å². The number of fused-ring (bicyclic) bond motifs is 3. The highest BCUT2D eigenvalue weighted by Gasteiger charge is 2.45. The van der Waals surface area contributed by atoms with Crippen molar-refractivity contribution in [1.29, 1.82) is 0 Å². The maximum absolute atomic E-state index is 11.1. The van der Waals surface area contributed by atoms with Crippen molar-refractivity contribution < 1.29 is 5.11 Å². The Labute approximate surface area is 122 Å². The lowest BCUT2D eigenvalue weighted by atomic mass is 9.83. The molecule has 4 unspecified atom stereocenters. The van der Waals surface area contributed by atoms with Gasteiger partial charge in [-0.3, -0.25) is 4.40 Å². The minimum absolute atomic E-state index is 0.274. The van der Waals surface area contributed by atoms with E-state index < -0.39 is 0 Å². The highest BCUT2D eigenvalue weighted by atomic mass is 32.1. The molecule has 2 heterocycles. The van der Waals surface area contributed by atoms with E-state index in [1.165, 1.54) is 53.9 Å². The minimum atomic E-state index is -0.274. The Kier molecular flexibility index (Phi) is 2.40. The fourth-order valence-corrected chi connectivity index (χ4v) is 5.94. The van der Waals surface area contributed by atoms with E-state index in [-0.39, 0.29) is 6.10 Å². The summed E-state index contributed by atoms with van der Waals surface area (Å²) in [4.78, 5) is 6.90. The summed E-state index contributed by atoms with van der Waals surface area (Å²) in [6.07, 6.45) is 11.5. The Morgan fingerprint density at radius 3 is 2.85 bits per heavy atom. The van der Waals surface area contributed by atoms with Crippen molar-refractivity contribution in [3.8, 4) is 0 Å². The second-order valence-electron chi connectivity index (χ2n) is 7.01. The Bertz CT molecular complexity index is 657. The molecule has 4 atom stereocenters. The van der Waals surface area contributed by atoms with Gasteiger partial charge in [0.2, 0.25) is 0 Å². The molecule has 2 bridgehead atoms. The highest BCUT2D eigenvalue weighted by Crippen LogP contribution is 2.55. The first-order valence-corrected chi connectivity index (χ1v) is 8.75. The number of hydrogen-bond acceptors (Lipinski definition) is 3. The first kappa shape index (κ1) is 11.8. The van der Waals surface area contributed by atoms with Crippen molar-refractivity contribution >= 4 is 16.2 Å². The third-order valence-electron chi connectivity index (χ3n) is 5.76. The quantitative estimate of drug-likeness (QED) is 0.934. The van der Waals surface area contributed by atoms with Crippen LogP contribution in [0.2, 0.25) is 0 Å². The van der Waals surface area contributed by atoms with Gasteiger partial charge in [-0.1, -0.05) is 6.42 Å². The molecule has 0 amide bonds. The Morgan fingerprint density at radius 2 is 2.15 bits per heavy atom. The zero-order valence-corrected chi connectivity index (χ0v) is 12.4.